The number of rotatable bonds is 1. The molecular formula is C11H12N4O. The van der Waals surface area contributed by atoms with Crippen molar-refractivity contribution in [1.29, 1.82) is 0 Å². The maximum Gasteiger partial charge on any atom is 0.153 e. The number of ketones is 1. The molecule has 0 aromatic carbocycles. The van der Waals surface area contributed by atoms with E-state index in [2.05, 4.69) is 15.4 Å². The smallest absolute Gasteiger partial charge is 0.153 e. The normalized spacial score (nSPS) is 21.5. The summed E-state index contributed by atoms with van der Waals surface area (Å²) in [4.78, 5) is 15.7. The molecule has 1 aliphatic rings. The Morgan fingerprint density at radius 2 is 2.44 bits per heavy atom. The van der Waals surface area contributed by atoms with E-state index in [1.54, 1.807) is 16.9 Å². The molecule has 2 aromatic heterocycles. The minimum absolute atomic E-state index is 0.0474. The second-order valence-corrected chi connectivity index (χ2v) is 3.98. The molecular weight excluding hydrogens is 204 g/mol. The van der Waals surface area contributed by atoms with Crippen molar-refractivity contribution in [2.45, 2.75) is 18.9 Å². The third kappa shape index (κ3) is 1.49. The highest BCUT2D eigenvalue weighted by Crippen LogP contribution is 2.21. The molecule has 0 radical (unpaired) electrons. The monoisotopic (exact) mass is 216 g/mol. The minimum atomic E-state index is 0.0474. The zero-order valence-electron chi connectivity index (χ0n) is 8.76. The van der Waals surface area contributed by atoms with E-state index in [9.17, 15) is 4.79 Å². The summed E-state index contributed by atoms with van der Waals surface area (Å²) >= 11 is 0. The highest BCUT2D eigenvalue weighted by atomic mass is 16.1. The molecule has 16 heavy (non-hydrogen) atoms. The van der Waals surface area contributed by atoms with E-state index >= 15 is 0 Å². The van der Waals surface area contributed by atoms with Gasteiger partial charge < -0.3 is 5.32 Å². The minimum Gasteiger partial charge on any atom is -0.308 e. The Labute approximate surface area is 92.5 Å². The third-order valence-corrected chi connectivity index (χ3v) is 2.89. The first kappa shape index (κ1) is 9.47. The molecule has 1 unspecified atom stereocenters. The van der Waals surface area contributed by atoms with Crippen LogP contribution in [0.3, 0.4) is 0 Å². The summed E-state index contributed by atoms with van der Waals surface area (Å²) in [6.07, 6.45) is 4.67. The highest BCUT2D eigenvalue weighted by Gasteiger charge is 2.23. The molecule has 0 amide bonds. The quantitative estimate of drug-likeness (QED) is 0.763. The van der Waals surface area contributed by atoms with Crippen molar-refractivity contribution in [2.75, 3.05) is 6.54 Å². The maximum absolute atomic E-state index is 11.4. The molecule has 0 aliphatic carbocycles. The van der Waals surface area contributed by atoms with Gasteiger partial charge >= 0.3 is 0 Å². The summed E-state index contributed by atoms with van der Waals surface area (Å²) in [5.74, 6) is 0.301. The van der Waals surface area contributed by atoms with Gasteiger partial charge in [0.05, 0.1) is 17.9 Å². The second-order valence-electron chi connectivity index (χ2n) is 3.98. The number of imidazole rings is 1. The molecule has 1 saturated heterocycles. The lowest BCUT2D eigenvalue weighted by Crippen LogP contribution is -2.32. The first-order valence-corrected chi connectivity index (χ1v) is 5.38. The van der Waals surface area contributed by atoms with E-state index in [-0.39, 0.29) is 6.04 Å². The average molecular weight is 216 g/mol. The fourth-order valence-corrected chi connectivity index (χ4v) is 2.08. The SMILES string of the molecule is O=C1CCNC(c2cnc3cccnn23)C1. The van der Waals surface area contributed by atoms with Gasteiger partial charge in [0, 0.05) is 25.6 Å². The van der Waals surface area contributed by atoms with Crippen molar-refractivity contribution in [2.24, 2.45) is 0 Å². The number of carbonyl (C=O) groups is 1. The molecule has 2 aromatic rings. The Morgan fingerprint density at radius 3 is 3.31 bits per heavy atom. The fourth-order valence-electron chi connectivity index (χ4n) is 2.08. The molecule has 5 heteroatoms. The highest BCUT2D eigenvalue weighted by molar-refractivity contribution is 5.80. The van der Waals surface area contributed by atoms with Gasteiger partial charge in [-0.3, -0.25) is 4.79 Å². The lowest BCUT2D eigenvalue weighted by atomic mass is 10.0. The van der Waals surface area contributed by atoms with Crippen molar-refractivity contribution >= 4 is 11.4 Å². The Morgan fingerprint density at radius 1 is 1.50 bits per heavy atom. The van der Waals surface area contributed by atoms with E-state index in [4.69, 9.17) is 0 Å². The van der Waals surface area contributed by atoms with Crippen LogP contribution in [-0.2, 0) is 4.79 Å². The van der Waals surface area contributed by atoms with Crippen LogP contribution in [-0.4, -0.2) is 26.9 Å². The number of fused-ring (bicyclic) bond motifs is 1. The summed E-state index contributed by atoms with van der Waals surface area (Å²) in [6.45, 7) is 0.740. The molecule has 3 heterocycles. The third-order valence-electron chi connectivity index (χ3n) is 2.89. The first-order chi connectivity index (χ1) is 7.84. The molecule has 1 N–H and O–H groups in total. The number of hydrogen-bond acceptors (Lipinski definition) is 4. The number of carbonyl (C=O) groups excluding carboxylic acids is 1. The topological polar surface area (TPSA) is 59.3 Å². The summed E-state index contributed by atoms with van der Waals surface area (Å²) in [7, 11) is 0. The van der Waals surface area contributed by atoms with Gasteiger partial charge in [-0.15, -0.1) is 0 Å². The van der Waals surface area contributed by atoms with Crippen LogP contribution in [0, 0.1) is 0 Å². The molecule has 0 saturated carbocycles. The van der Waals surface area contributed by atoms with Gasteiger partial charge in [0.2, 0.25) is 0 Å². The van der Waals surface area contributed by atoms with Crippen molar-refractivity contribution in [3.8, 4) is 0 Å². The summed E-state index contributed by atoms with van der Waals surface area (Å²) in [6, 6.07) is 3.80. The molecule has 1 atom stereocenters. The summed E-state index contributed by atoms with van der Waals surface area (Å²) in [5.41, 5.74) is 1.78. The van der Waals surface area contributed by atoms with E-state index < -0.39 is 0 Å². The van der Waals surface area contributed by atoms with E-state index in [0.717, 1.165) is 17.9 Å². The van der Waals surface area contributed by atoms with Gasteiger partial charge in [-0.05, 0) is 12.1 Å². The molecule has 82 valence electrons. The van der Waals surface area contributed by atoms with E-state index in [0.29, 0.717) is 18.6 Å². The Balaban J connectivity index is 2.02. The first-order valence-electron chi connectivity index (χ1n) is 5.38. The van der Waals surface area contributed by atoms with E-state index in [1.165, 1.54) is 0 Å². The zero-order chi connectivity index (χ0) is 11.0. The predicted molar refractivity (Wildman–Crippen MR) is 58.0 cm³/mol. The number of hydrogen-bond donors (Lipinski definition) is 1. The van der Waals surface area contributed by atoms with Crippen LogP contribution in [0.1, 0.15) is 24.6 Å². The van der Waals surface area contributed by atoms with Crippen LogP contribution in [0.2, 0.25) is 0 Å². The molecule has 3 rings (SSSR count). The number of piperidine rings is 1. The van der Waals surface area contributed by atoms with Gasteiger partial charge in [-0.1, -0.05) is 0 Å². The lowest BCUT2D eigenvalue weighted by Gasteiger charge is -2.21. The number of nitrogens with zero attached hydrogens (tertiary/aromatic N) is 3. The molecule has 0 bridgehead atoms. The zero-order valence-corrected chi connectivity index (χ0v) is 8.76. The van der Waals surface area contributed by atoms with Gasteiger partial charge in [-0.2, -0.15) is 5.10 Å². The number of Topliss-reactive ketones (excluding diaryl/α,β-unsaturated/α-hetero) is 1. The number of nitrogens with one attached hydrogen (secondary N) is 1. The predicted octanol–water partition coefficient (Wildman–Crippen LogP) is 0.723. The molecule has 1 fully saturated rings. The van der Waals surface area contributed by atoms with Crippen molar-refractivity contribution < 1.29 is 4.79 Å². The van der Waals surface area contributed by atoms with Crippen LogP contribution in [0.5, 0.6) is 0 Å². The van der Waals surface area contributed by atoms with Gasteiger partial charge in [0.15, 0.2) is 5.65 Å². The average Bonchev–Trinajstić information content (AvgIpc) is 2.72. The molecule has 5 nitrogen and oxygen atoms in total. The molecule has 0 spiro atoms. The van der Waals surface area contributed by atoms with Crippen molar-refractivity contribution in [3.63, 3.8) is 0 Å². The summed E-state index contributed by atoms with van der Waals surface area (Å²) in [5, 5.41) is 7.57. The Bertz CT molecular complexity index is 534. The van der Waals surface area contributed by atoms with Crippen LogP contribution in [0.25, 0.3) is 5.65 Å². The molecule has 1 aliphatic heterocycles. The Kier molecular flexibility index (Phi) is 2.18. The Hall–Kier alpha value is -1.75. The fraction of sp³-hybridized carbons (Fsp3) is 0.364. The van der Waals surface area contributed by atoms with E-state index in [1.807, 2.05) is 12.1 Å². The standard InChI is InChI=1S/C11H12N4O/c16-8-3-5-12-9(6-8)10-7-13-11-2-1-4-14-15(10)11/h1-2,4,7,9,12H,3,5-6H2. The van der Waals surface area contributed by atoms with Crippen molar-refractivity contribution in [3.05, 3.63) is 30.2 Å². The number of aromatic nitrogens is 3. The van der Waals surface area contributed by atoms with Gasteiger partial charge in [0.25, 0.3) is 0 Å². The van der Waals surface area contributed by atoms with Crippen LogP contribution < -0.4 is 5.32 Å². The second kappa shape index (κ2) is 3.68. The lowest BCUT2D eigenvalue weighted by molar-refractivity contribution is -0.120. The summed E-state index contributed by atoms with van der Waals surface area (Å²) < 4.78 is 1.79. The van der Waals surface area contributed by atoms with Crippen LogP contribution >= 0.6 is 0 Å². The van der Waals surface area contributed by atoms with Crippen molar-refractivity contribution in [1.82, 2.24) is 19.9 Å². The van der Waals surface area contributed by atoms with Gasteiger partial charge in [0.1, 0.15) is 5.78 Å². The van der Waals surface area contributed by atoms with Crippen LogP contribution in [0.15, 0.2) is 24.5 Å². The van der Waals surface area contributed by atoms with Crippen LogP contribution in [0.4, 0.5) is 0 Å². The van der Waals surface area contributed by atoms with Gasteiger partial charge in [-0.25, -0.2) is 9.50 Å². The maximum atomic E-state index is 11.4. The largest absolute Gasteiger partial charge is 0.308 e.